The van der Waals surface area contributed by atoms with Crippen molar-refractivity contribution in [2.45, 2.75) is 126 Å². The van der Waals surface area contributed by atoms with Gasteiger partial charge in [-0.1, -0.05) is 140 Å². The van der Waals surface area contributed by atoms with E-state index in [9.17, 15) is 43.9 Å². The van der Waals surface area contributed by atoms with Crippen LogP contribution in [-0.4, -0.2) is 88.2 Å². The molecule has 358 valence electrons. The van der Waals surface area contributed by atoms with Crippen LogP contribution in [0.1, 0.15) is 108 Å². The monoisotopic (exact) mass is 912 g/mol. The molecule has 0 aromatic rings. The lowest BCUT2D eigenvalue weighted by Crippen LogP contribution is -2.56. The van der Waals surface area contributed by atoms with Crippen LogP contribution in [0.4, 0.5) is 0 Å². The van der Waals surface area contributed by atoms with E-state index in [1.54, 1.807) is 13.8 Å². The van der Waals surface area contributed by atoms with E-state index >= 15 is 0 Å². The third-order valence-electron chi connectivity index (χ3n) is 11.3. The minimum absolute atomic E-state index is 0.249. The Morgan fingerprint density at radius 3 is 1.41 bits per heavy atom. The molecule has 0 saturated heterocycles. The molecule has 2 aliphatic carbocycles. The first-order valence-electron chi connectivity index (χ1n) is 21.9. The number of carbonyl (C=O) groups excluding carboxylic acids is 5. The lowest BCUT2D eigenvalue weighted by atomic mass is 9.71. The Hall–Kier alpha value is -6.12. The van der Waals surface area contributed by atoms with Crippen LogP contribution in [0.25, 0.3) is 0 Å². The fraction of sp³-hybridized carbons (Fsp3) is 0.462. The molecule has 14 heteroatoms. The number of hydrogen-bond acceptors (Lipinski definition) is 12. The molecular formula is C52H68N2O12. The summed E-state index contributed by atoms with van der Waals surface area (Å²) >= 11 is 0. The molecule has 2 atom stereocenters. The number of esters is 2. The molecule has 66 heavy (non-hydrogen) atoms. The first kappa shape index (κ1) is 56.0. The summed E-state index contributed by atoms with van der Waals surface area (Å²) < 4.78 is 10.9. The summed E-state index contributed by atoms with van der Waals surface area (Å²) in [4.78, 5) is 84.8. The standard InChI is InChI=1S/C52H68N2O12/c1-34(15-11-12-16-35(2)18-14-20-37(4)22-24-41-39(6)49(63)43(30-51(41,9)10)66-47(61)28-26-45(58)59)17-13-19-36(3)21-23-40-38(5)48(62)42(29-50(40,7)8)65-46(60)27-25-44(57)54-52(32-55,33-56)31-53-64/h11-24,42-43,55-56H,25-33H2,1-10H3,(H,54,57)(H,58,59)/b12-11+,17-13+,18-14+,23-21+,24-22+,34-15+,35-16+,36-19+,37-20+. The highest BCUT2D eigenvalue weighted by Crippen LogP contribution is 2.42. The molecule has 2 aliphatic rings. The number of nitrogens with one attached hydrogen (secondary N) is 1. The van der Waals surface area contributed by atoms with E-state index in [1.165, 1.54) is 0 Å². The number of aliphatic hydroxyl groups excluding tert-OH is 2. The number of nitrogens with zero attached hydrogens (tertiary/aromatic N) is 1. The van der Waals surface area contributed by atoms with Gasteiger partial charge in [-0.25, -0.2) is 0 Å². The minimum Gasteiger partial charge on any atom is -0.481 e. The van der Waals surface area contributed by atoms with E-state index in [0.717, 1.165) is 33.4 Å². The number of carbonyl (C=O) groups is 6. The smallest absolute Gasteiger partial charge is 0.307 e. The summed E-state index contributed by atoms with van der Waals surface area (Å²) in [6, 6.07) is 0. The van der Waals surface area contributed by atoms with E-state index in [2.05, 4.69) is 10.5 Å². The van der Waals surface area contributed by atoms with Crippen LogP contribution in [0, 0.1) is 15.7 Å². The van der Waals surface area contributed by atoms with Crippen LogP contribution in [0.2, 0.25) is 0 Å². The summed E-state index contributed by atoms with van der Waals surface area (Å²) in [5.74, 6) is -3.82. The molecule has 4 N–H and O–H groups in total. The topological polar surface area (TPSA) is 223 Å². The van der Waals surface area contributed by atoms with Gasteiger partial charge in [0.1, 0.15) is 12.1 Å². The predicted molar refractivity (Wildman–Crippen MR) is 255 cm³/mol. The van der Waals surface area contributed by atoms with Crippen molar-refractivity contribution in [1.29, 1.82) is 0 Å². The molecule has 1 amide bonds. The molecule has 0 aromatic carbocycles. The Morgan fingerprint density at radius 2 is 1.03 bits per heavy atom. The second kappa shape index (κ2) is 26.1. The number of rotatable bonds is 23. The zero-order chi connectivity index (χ0) is 49.8. The van der Waals surface area contributed by atoms with Crippen molar-refractivity contribution in [2.75, 3.05) is 19.8 Å². The molecule has 0 aliphatic heterocycles. The van der Waals surface area contributed by atoms with Crippen LogP contribution in [0.5, 0.6) is 0 Å². The number of aliphatic carboxylic acids is 1. The van der Waals surface area contributed by atoms with E-state index in [4.69, 9.17) is 14.6 Å². The summed E-state index contributed by atoms with van der Waals surface area (Å²) in [5, 5.41) is 32.8. The van der Waals surface area contributed by atoms with Gasteiger partial charge in [0.25, 0.3) is 0 Å². The molecule has 0 radical (unpaired) electrons. The number of ether oxygens (including phenoxy) is 2. The van der Waals surface area contributed by atoms with Crippen LogP contribution in [0.15, 0.2) is 135 Å². The molecular weight excluding hydrogens is 845 g/mol. The van der Waals surface area contributed by atoms with Gasteiger partial charge in [-0.05, 0) is 74.7 Å². The van der Waals surface area contributed by atoms with Gasteiger partial charge >= 0.3 is 17.9 Å². The number of Topliss-reactive ketones (excluding diaryl/α,β-unsaturated/α-hetero) is 2. The van der Waals surface area contributed by atoms with Gasteiger partial charge in [0.05, 0.1) is 32.5 Å². The zero-order valence-corrected chi connectivity index (χ0v) is 40.1. The Labute approximate surface area is 389 Å². The lowest BCUT2D eigenvalue weighted by Gasteiger charge is -2.36. The summed E-state index contributed by atoms with van der Waals surface area (Å²) in [7, 11) is 0. The number of aliphatic hydroxyl groups is 2. The summed E-state index contributed by atoms with van der Waals surface area (Å²) in [6.45, 7) is 17.3. The van der Waals surface area contributed by atoms with Crippen molar-refractivity contribution in [2.24, 2.45) is 16.0 Å². The van der Waals surface area contributed by atoms with Crippen LogP contribution < -0.4 is 5.32 Å². The number of hydrogen-bond donors (Lipinski definition) is 4. The fourth-order valence-corrected chi connectivity index (χ4v) is 7.37. The minimum atomic E-state index is -1.63. The molecule has 0 fully saturated rings. The number of carboxylic acid groups (broad SMARTS) is 1. The van der Waals surface area contributed by atoms with Crippen LogP contribution in [-0.2, 0) is 38.2 Å². The maximum absolute atomic E-state index is 13.3. The predicted octanol–water partition coefficient (Wildman–Crippen LogP) is 8.26. The highest BCUT2D eigenvalue weighted by atomic mass is 16.6. The fourth-order valence-electron chi connectivity index (χ4n) is 7.37. The molecule has 0 saturated carbocycles. The molecule has 0 heterocycles. The maximum atomic E-state index is 13.3. The lowest BCUT2D eigenvalue weighted by molar-refractivity contribution is -0.157. The first-order chi connectivity index (χ1) is 30.9. The third-order valence-corrected chi connectivity index (χ3v) is 11.3. The second-order valence-electron chi connectivity index (χ2n) is 18.2. The number of ketones is 2. The largest absolute Gasteiger partial charge is 0.481 e. The van der Waals surface area contributed by atoms with Gasteiger partial charge in [-0.3, -0.25) is 28.8 Å². The normalized spacial score (nSPS) is 20.1. The van der Waals surface area contributed by atoms with Gasteiger partial charge in [0.15, 0.2) is 23.8 Å². The highest BCUT2D eigenvalue weighted by Gasteiger charge is 2.41. The molecule has 2 rings (SSSR count). The molecule has 0 spiro atoms. The van der Waals surface area contributed by atoms with Gasteiger partial charge in [0, 0.05) is 19.3 Å². The maximum Gasteiger partial charge on any atom is 0.307 e. The number of nitroso groups, excluding NO2 is 1. The number of allylic oxidation sites excluding steroid dienone is 20. The Bertz CT molecular complexity index is 2200. The van der Waals surface area contributed by atoms with Crippen molar-refractivity contribution >= 4 is 35.4 Å². The molecule has 0 bridgehead atoms. The summed E-state index contributed by atoms with van der Waals surface area (Å²) in [5.41, 5.74) is 4.11. The Balaban J connectivity index is 1.96. The van der Waals surface area contributed by atoms with E-state index < -0.39 is 72.2 Å². The third kappa shape index (κ3) is 18.0. The Morgan fingerprint density at radius 1 is 0.652 bits per heavy atom. The molecule has 0 aromatic heterocycles. The quantitative estimate of drug-likeness (QED) is 0.0432. The zero-order valence-electron chi connectivity index (χ0n) is 40.1. The Kier molecular flexibility index (Phi) is 22.2. The molecule has 14 nitrogen and oxygen atoms in total. The van der Waals surface area contributed by atoms with Crippen molar-refractivity contribution < 1.29 is 53.6 Å². The molecule has 2 unspecified atom stereocenters. The highest BCUT2D eigenvalue weighted by molar-refractivity contribution is 6.02. The van der Waals surface area contributed by atoms with Crippen LogP contribution in [0.3, 0.4) is 0 Å². The van der Waals surface area contributed by atoms with Crippen molar-refractivity contribution in [1.82, 2.24) is 5.32 Å². The average molecular weight is 913 g/mol. The van der Waals surface area contributed by atoms with Crippen molar-refractivity contribution in [3.63, 3.8) is 0 Å². The van der Waals surface area contributed by atoms with E-state index in [0.29, 0.717) is 17.6 Å². The van der Waals surface area contributed by atoms with Gasteiger partial charge in [-0.15, -0.1) is 0 Å². The van der Waals surface area contributed by atoms with Crippen LogP contribution >= 0.6 is 0 Å². The van der Waals surface area contributed by atoms with Crippen molar-refractivity contribution in [3.8, 4) is 0 Å². The average Bonchev–Trinajstić information content (AvgIpc) is 3.24. The first-order valence-corrected chi connectivity index (χ1v) is 21.9. The summed E-state index contributed by atoms with van der Waals surface area (Å²) in [6.07, 6.45) is 24.7. The van der Waals surface area contributed by atoms with E-state index in [1.807, 2.05) is 140 Å². The SMILES string of the molecule is CC1=C(/C=C/C(C)=C/C=C/C(C)=C/C=C/C=C(C)/C=C/C=C(C)/C=C/C2=C(C)C(=O)C(OC(=O)CCC(=O)NC(CO)(CO)CN=O)CC2(C)C)C(C)(C)CC(OC(=O)CCC(=O)O)C1=O. The number of carboxylic acids is 1. The number of amides is 1. The second-order valence-corrected chi connectivity index (χ2v) is 18.2. The van der Waals surface area contributed by atoms with Gasteiger partial charge in [-0.2, -0.15) is 4.91 Å². The van der Waals surface area contributed by atoms with E-state index in [-0.39, 0.29) is 43.7 Å². The van der Waals surface area contributed by atoms with Gasteiger partial charge in [0.2, 0.25) is 5.91 Å². The van der Waals surface area contributed by atoms with Crippen molar-refractivity contribution in [3.05, 3.63) is 135 Å². The van der Waals surface area contributed by atoms with Gasteiger partial charge < -0.3 is 30.1 Å².